The third-order valence-electron chi connectivity index (χ3n) is 3.93. The SMILES string of the molecule is CC#CCOc1ccc(S(=O)(=O)C(C)(Cc2cccnc2)C(=O)O)cc1. The van der Waals surface area contributed by atoms with Gasteiger partial charge in [-0.2, -0.15) is 0 Å². The van der Waals surface area contributed by atoms with Crippen LogP contribution in [0.15, 0.2) is 53.7 Å². The number of sulfone groups is 1. The number of benzene rings is 1. The number of carbonyl (C=O) groups is 1. The highest BCUT2D eigenvalue weighted by atomic mass is 32.2. The van der Waals surface area contributed by atoms with Crippen molar-refractivity contribution in [1.82, 2.24) is 4.98 Å². The van der Waals surface area contributed by atoms with Gasteiger partial charge in [0.1, 0.15) is 12.4 Å². The first-order chi connectivity index (χ1) is 12.3. The summed E-state index contributed by atoms with van der Waals surface area (Å²) in [7, 11) is -4.15. The maximum Gasteiger partial charge on any atom is 0.325 e. The number of aliphatic carboxylic acids is 1. The summed E-state index contributed by atoms with van der Waals surface area (Å²) in [4.78, 5) is 15.7. The van der Waals surface area contributed by atoms with Crippen molar-refractivity contribution in [2.24, 2.45) is 0 Å². The first-order valence-electron chi connectivity index (χ1n) is 7.80. The normalized spacial score (nSPS) is 13.2. The largest absolute Gasteiger partial charge is 0.481 e. The van der Waals surface area contributed by atoms with E-state index >= 15 is 0 Å². The van der Waals surface area contributed by atoms with Crippen molar-refractivity contribution in [3.8, 4) is 17.6 Å². The highest BCUT2D eigenvalue weighted by Crippen LogP contribution is 2.30. The molecule has 0 saturated heterocycles. The van der Waals surface area contributed by atoms with Gasteiger partial charge in [0.2, 0.25) is 0 Å². The van der Waals surface area contributed by atoms with Crippen molar-refractivity contribution in [2.45, 2.75) is 29.9 Å². The second-order valence-electron chi connectivity index (χ2n) is 5.76. The van der Waals surface area contributed by atoms with Crippen molar-refractivity contribution < 1.29 is 23.1 Å². The summed E-state index contributed by atoms with van der Waals surface area (Å²) >= 11 is 0. The van der Waals surface area contributed by atoms with Crippen LogP contribution in [0.5, 0.6) is 5.75 Å². The van der Waals surface area contributed by atoms with E-state index in [2.05, 4.69) is 16.8 Å². The van der Waals surface area contributed by atoms with E-state index in [1.807, 2.05) is 0 Å². The van der Waals surface area contributed by atoms with E-state index in [0.717, 1.165) is 0 Å². The second-order valence-corrected chi connectivity index (χ2v) is 8.14. The van der Waals surface area contributed by atoms with E-state index in [1.54, 1.807) is 19.1 Å². The van der Waals surface area contributed by atoms with Crippen molar-refractivity contribution in [1.29, 1.82) is 0 Å². The Morgan fingerprint density at radius 3 is 2.50 bits per heavy atom. The van der Waals surface area contributed by atoms with Gasteiger partial charge in [0.15, 0.2) is 14.6 Å². The molecule has 0 aliphatic heterocycles. The minimum atomic E-state index is -4.15. The fourth-order valence-corrected chi connectivity index (χ4v) is 3.95. The van der Waals surface area contributed by atoms with E-state index in [9.17, 15) is 18.3 Å². The van der Waals surface area contributed by atoms with Crippen molar-refractivity contribution >= 4 is 15.8 Å². The zero-order chi connectivity index (χ0) is 19.2. The van der Waals surface area contributed by atoms with Crippen LogP contribution < -0.4 is 4.74 Å². The average Bonchev–Trinajstić information content (AvgIpc) is 2.63. The maximum atomic E-state index is 13.0. The van der Waals surface area contributed by atoms with E-state index in [4.69, 9.17) is 4.74 Å². The lowest BCUT2D eigenvalue weighted by Crippen LogP contribution is -2.45. The van der Waals surface area contributed by atoms with Crippen LogP contribution in [0.2, 0.25) is 0 Å². The third-order valence-corrected chi connectivity index (χ3v) is 6.33. The Morgan fingerprint density at radius 2 is 1.96 bits per heavy atom. The van der Waals surface area contributed by atoms with Crippen LogP contribution in [-0.4, -0.2) is 35.8 Å². The molecule has 1 aromatic heterocycles. The fraction of sp³-hybridized carbons (Fsp3) is 0.263. The van der Waals surface area contributed by atoms with Gasteiger partial charge in [-0.25, -0.2) is 8.42 Å². The Hall–Kier alpha value is -2.85. The molecule has 0 aliphatic carbocycles. The number of carboxylic acid groups (broad SMARTS) is 1. The topological polar surface area (TPSA) is 93.6 Å². The Balaban J connectivity index is 2.34. The van der Waals surface area contributed by atoms with Crippen LogP contribution >= 0.6 is 0 Å². The van der Waals surface area contributed by atoms with Gasteiger partial charge >= 0.3 is 5.97 Å². The molecule has 0 amide bonds. The smallest absolute Gasteiger partial charge is 0.325 e. The van der Waals surface area contributed by atoms with Crippen molar-refractivity contribution in [3.63, 3.8) is 0 Å². The number of pyridine rings is 1. The van der Waals surface area contributed by atoms with Crippen LogP contribution in [0.1, 0.15) is 19.4 Å². The van der Waals surface area contributed by atoms with E-state index in [1.165, 1.54) is 43.6 Å². The van der Waals surface area contributed by atoms with E-state index in [0.29, 0.717) is 11.3 Å². The lowest BCUT2D eigenvalue weighted by molar-refractivity contribution is -0.139. The van der Waals surface area contributed by atoms with Crippen LogP contribution in [-0.2, 0) is 21.1 Å². The molecule has 2 rings (SSSR count). The lowest BCUT2D eigenvalue weighted by Gasteiger charge is -2.25. The van der Waals surface area contributed by atoms with Gasteiger partial charge in [-0.15, -0.1) is 5.92 Å². The molecule has 2 aromatic rings. The van der Waals surface area contributed by atoms with Crippen LogP contribution in [0, 0.1) is 11.8 Å². The van der Waals surface area contributed by atoms with Crippen LogP contribution in [0.25, 0.3) is 0 Å². The Labute approximate surface area is 152 Å². The molecule has 0 saturated carbocycles. The van der Waals surface area contributed by atoms with Gasteiger partial charge in [0.05, 0.1) is 4.90 Å². The molecule has 26 heavy (non-hydrogen) atoms. The summed E-state index contributed by atoms with van der Waals surface area (Å²) in [5.41, 5.74) is 0.527. The summed E-state index contributed by atoms with van der Waals surface area (Å²) in [6.45, 7) is 3.09. The number of nitrogens with zero attached hydrogens (tertiary/aromatic N) is 1. The predicted molar refractivity (Wildman–Crippen MR) is 96.6 cm³/mol. The van der Waals surface area contributed by atoms with Crippen molar-refractivity contribution in [3.05, 3.63) is 54.4 Å². The fourth-order valence-electron chi connectivity index (χ4n) is 2.34. The van der Waals surface area contributed by atoms with E-state index in [-0.39, 0.29) is 17.9 Å². The first-order valence-corrected chi connectivity index (χ1v) is 9.29. The van der Waals surface area contributed by atoms with Crippen LogP contribution in [0.3, 0.4) is 0 Å². The zero-order valence-corrected chi connectivity index (χ0v) is 15.3. The monoisotopic (exact) mass is 373 g/mol. The third kappa shape index (κ3) is 4.03. The molecule has 0 radical (unpaired) electrons. The highest BCUT2D eigenvalue weighted by Gasteiger charge is 2.47. The number of aromatic nitrogens is 1. The van der Waals surface area contributed by atoms with Gasteiger partial charge in [0, 0.05) is 18.8 Å². The quantitative estimate of drug-likeness (QED) is 0.749. The number of rotatable bonds is 7. The zero-order valence-electron chi connectivity index (χ0n) is 14.5. The standard InChI is InChI=1S/C19H19NO5S/c1-3-4-12-25-16-7-9-17(10-8-16)26(23,24)19(2,18(21)22)13-15-6-5-11-20-14-15/h5-11,14H,12-13H2,1-2H3,(H,21,22). The van der Waals surface area contributed by atoms with Crippen molar-refractivity contribution in [2.75, 3.05) is 6.61 Å². The summed E-state index contributed by atoms with van der Waals surface area (Å²) in [5, 5.41) is 9.65. The van der Waals surface area contributed by atoms with Gasteiger partial charge in [0.25, 0.3) is 0 Å². The summed E-state index contributed by atoms with van der Waals surface area (Å²) < 4.78 is 29.3. The molecule has 1 N–H and O–H groups in total. The molecule has 0 fully saturated rings. The molecule has 0 bridgehead atoms. The minimum absolute atomic E-state index is 0.0831. The summed E-state index contributed by atoms with van der Waals surface area (Å²) in [6.07, 6.45) is 2.81. The number of hydrogen-bond donors (Lipinski definition) is 1. The molecule has 7 heteroatoms. The van der Waals surface area contributed by atoms with Crippen LogP contribution in [0.4, 0.5) is 0 Å². The molecular formula is C19H19NO5S. The summed E-state index contributed by atoms with van der Waals surface area (Å²) in [5.74, 6) is 4.46. The molecule has 136 valence electrons. The molecule has 0 aliphatic rings. The molecule has 1 heterocycles. The summed E-state index contributed by atoms with van der Waals surface area (Å²) in [6, 6.07) is 8.93. The molecule has 1 atom stereocenters. The molecule has 1 unspecified atom stereocenters. The second kappa shape index (κ2) is 8.02. The number of ether oxygens (including phenoxy) is 1. The number of hydrogen-bond acceptors (Lipinski definition) is 5. The predicted octanol–water partition coefficient (Wildman–Crippen LogP) is 2.34. The Morgan fingerprint density at radius 1 is 1.27 bits per heavy atom. The molecular weight excluding hydrogens is 354 g/mol. The van der Waals surface area contributed by atoms with E-state index < -0.39 is 20.6 Å². The highest BCUT2D eigenvalue weighted by molar-refractivity contribution is 7.93. The minimum Gasteiger partial charge on any atom is -0.481 e. The Kier molecular flexibility index (Phi) is 6.01. The van der Waals surface area contributed by atoms with Gasteiger partial charge in [-0.1, -0.05) is 12.0 Å². The van der Waals surface area contributed by atoms with Gasteiger partial charge in [-0.05, 0) is 49.7 Å². The lowest BCUT2D eigenvalue weighted by atomic mass is 10.0. The number of carboxylic acids is 1. The first kappa shape index (κ1) is 19.5. The Bertz CT molecular complexity index is 927. The average molecular weight is 373 g/mol. The molecule has 0 spiro atoms. The maximum absolute atomic E-state index is 13.0. The van der Waals surface area contributed by atoms with Gasteiger partial charge < -0.3 is 9.84 Å². The van der Waals surface area contributed by atoms with Gasteiger partial charge in [-0.3, -0.25) is 9.78 Å². The molecule has 1 aromatic carbocycles. The molecule has 6 nitrogen and oxygen atoms in total.